The smallest absolute Gasteiger partial charge is 0.213 e. The summed E-state index contributed by atoms with van der Waals surface area (Å²) in [6, 6.07) is 3.06. The van der Waals surface area contributed by atoms with Gasteiger partial charge in [-0.1, -0.05) is 13.8 Å². The van der Waals surface area contributed by atoms with E-state index in [9.17, 15) is 9.50 Å². The summed E-state index contributed by atoms with van der Waals surface area (Å²) in [7, 11) is 0. The highest BCUT2D eigenvalue weighted by Gasteiger charge is 2.41. The van der Waals surface area contributed by atoms with Gasteiger partial charge in [-0.25, -0.2) is 9.97 Å². The summed E-state index contributed by atoms with van der Waals surface area (Å²) in [4.78, 5) is 8.45. The lowest BCUT2D eigenvalue weighted by atomic mass is 9.68. The molecule has 4 rings (SSSR count). The quantitative estimate of drug-likeness (QED) is 0.871. The van der Waals surface area contributed by atoms with Crippen LogP contribution in [0.15, 0.2) is 24.7 Å². The molecule has 1 saturated carbocycles. The van der Waals surface area contributed by atoms with Gasteiger partial charge in [0.2, 0.25) is 5.95 Å². The molecule has 128 valence electrons. The SMILES string of the molecule is CC1(C)CCC(C(CO)C2c3nc(F)ccc3-c3cncn32)CC1. The van der Waals surface area contributed by atoms with Gasteiger partial charge in [0.25, 0.3) is 0 Å². The lowest BCUT2D eigenvalue weighted by molar-refractivity contribution is 0.0827. The van der Waals surface area contributed by atoms with E-state index in [-0.39, 0.29) is 18.6 Å². The second-order valence-electron chi connectivity index (χ2n) is 8.05. The van der Waals surface area contributed by atoms with Crippen molar-refractivity contribution in [1.29, 1.82) is 0 Å². The van der Waals surface area contributed by atoms with Gasteiger partial charge in [-0.15, -0.1) is 0 Å². The third-order valence-electron chi connectivity index (χ3n) is 6.02. The molecule has 24 heavy (non-hydrogen) atoms. The van der Waals surface area contributed by atoms with Crippen LogP contribution in [0.2, 0.25) is 0 Å². The summed E-state index contributed by atoms with van der Waals surface area (Å²) < 4.78 is 15.8. The van der Waals surface area contributed by atoms with E-state index in [2.05, 4.69) is 28.4 Å². The molecule has 2 aliphatic rings. The topological polar surface area (TPSA) is 50.9 Å². The van der Waals surface area contributed by atoms with Gasteiger partial charge < -0.3 is 9.67 Å². The zero-order valence-corrected chi connectivity index (χ0v) is 14.2. The lowest BCUT2D eigenvalue weighted by Crippen LogP contribution is -2.33. The van der Waals surface area contributed by atoms with Crippen molar-refractivity contribution in [3.8, 4) is 11.3 Å². The van der Waals surface area contributed by atoms with Crippen molar-refractivity contribution in [2.24, 2.45) is 17.3 Å². The first-order chi connectivity index (χ1) is 11.5. The van der Waals surface area contributed by atoms with Crippen LogP contribution in [0.3, 0.4) is 0 Å². The second kappa shape index (κ2) is 5.66. The first-order valence-corrected chi connectivity index (χ1v) is 8.80. The molecule has 2 atom stereocenters. The van der Waals surface area contributed by atoms with Gasteiger partial charge in [0.1, 0.15) is 0 Å². The molecule has 1 N–H and O–H groups in total. The van der Waals surface area contributed by atoms with E-state index in [0.717, 1.165) is 29.8 Å². The first kappa shape index (κ1) is 15.8. The molecule has 0 amide bonds. The van der Waals surface area contributed by atoms with Crippen molar-refractivity contribution >= 4 is 0 Å². The molecule has 1 aliphatic carbocycles. The number of hydrogen-bond acceptors (Lipinski definition) is 3. The Kier molecular flexibility index (Phi) is 3.71. The van der Waals surface area contributed by atoms with Crippen LogP contribution >= 0.6 is 0 Å². The van der Waals surface area contributed by atoms with E-state index in [0.29, 0.717) is 11.3 Å². The van der Waals surface area contributed by atoms with E-state index in [4.69, 9.17) is 0 Å². The number of aliphatic hydroxyl groups is 1. The molecule has 0 aromatic carbocycles. The monoisotopic (exact) mass is 329 g/mol. The van der Waals surface area contributed by atoms with Crippen molar-refractivity contribution in [2.45, 2.75) is 45.6 Å². The molecule has 3 heterocycles. The minimum absolute atomic E-state index is 0.0459. The average molecular weight is 329 g/mol. The Labute approximate surface area is 141 Å². The zero-order valence-electron chi connectivity index (χ0n) is 14.2. The molecule has 5 heteroatoms. The molecule has 2 aromatic rings. The number of nitrogens with zero attached hydrogens (tertiary/aromatic N) is 3. The molecular weight excluding hydrogens is 305 g/mol. The maximum Gasteiger partial charge on any atom is 0.213 e. The number of hydrogen-bond donors (Lipinski definition) is 1. The predicted octanol–water partition coefficient (Wildman–Crippen LogP) is 3.81. The van der Waals surface area contributed by atoms with Crippen molar-refractivity contribution in [2.75, 3.05) is 6.61 Å². The van der Waals surface area contributed by atoms with Crippen LogP contribution in [0.1, 0.15) is 51.3 Å². The molecule has 1 fully saturated rings. The lowest BCUT2D eigenvalue weighted by Gasteiger charge is -2.39. The molecular formula is C19H24FN3O. The molecule has 4 nitrogen and oxygen atoms in total. The van der Waals surface area contributed by atoms with E-state index in [1.807, 2.05) is 0 Å². The normalized spacial score (nSPS) is 23.8. The molecule has 0 spiro atoms. The van der Waals surface area contributed by atoms with Crippen LogP contribution in [0, 0.1) is 23.2 Å². The summed E-state index contributed by atoms with van der Waals surface area (Å²) in [5, 5.41) is 10.2. The molecule has 1 aliphatic heterocycles. The van der Waals surface area contributed by atoms with E-state index in [1.54, 1.807) is 18.6 Å². The highest BCUT2D eigenvalue weighted by Crippen LogP contribution is 2.48. The van der Waals surface area contributed by atoms with Crippen LogP contribution in [0.5, 0.6) is 0 Å². The van der Waals surface area contributed by atoms with Crippen LogP contribution in [0.4, 0.5) is 4.39 Å². The van der Waals surface area contributed by atoms with E-state index in [1.165, 1.54) is 18.9 Å². The van der Waals surface area contributed by atoms with Gasteiger partial charge in [0.15, 0.2) is 0 Å². The molecule has 0 radical (unpaired) electrons. The Balaban J connectivity index is 1.71. The Morgan fingerprint density at radius 1 is 1.33 bits per heavy atom. The fourth-order valence-corrected chi connectivity index (χ4v) is 4.52. The molecule has 0 saturated heterocycles. The second-order valence-corrected chi connectivity index (χ2v) is 8.05. The fraction of sp³-hybridized carbons (Fsp3) is 0.579. The Morgan fingerprint density at radius 2 is 2.08 bits per heavy atom. The molecule has 0 bridgehead atoms. The van der Waals surface area contributed by atoms with Crippen LogP contribution in [0.25, 0.3) is 11.3 Å². The van der Waals surface area contributed by atoms with E-state index >= 15 is 0 Å². The van der Waals surface area contributed by atoms with Crippen LogP contribution in [-0.4, -0.2) is 26.2 Å². The minimum Gasteiger partial charge on any atom is -0.396 e. The van der Waals surface area contributed by atoms with Crippen molar-refractivity contribution < 1.29 is 9.50 Å². The summed E-state index contributed by atoms with van der Waals surface area (Å²) in [5.74, 6) is 0.0165. The Bertz CT molecular complexity index is 745. The minimum atomic E-state index is -0.459. The summed E-state index contributed by atoms with van der Waals surface area (Å²) in [6.07, 6.45) is 8.13. The standard InChI is InChI=1S/C19H24FN3O/c1-19(2)7-5-12(6-8-19)14(10-24)18-17-13(3-4-16(20)22-17)15-9-21-11-23(15)18/h3-4,9,11-12,14,18,24H,5-8,10H2,1-2H3. The number of imidazole rings is 1. The number of aliphatic hydroxyl groups excluding tert-OH is 1. The third kappa shape index (κ3) is 2.46. The third-order valence-corrected chi connectivity index (χ3v) is 6.02. The predicted molar refractivity (Wildman–Crippen MR) is 89.9 cm³/mol. The first-order valence-electron chi connectivity index (χ1n) is 8.80. The molecule has 2 unspecified atom stereocenters. The van der Waals surface area contributed by atoms with Gasteiger partial charge in [-0.05, 0) is 49.1 Å². The van der Waals surface area contributed by atoms with Crippen LogP contribution in [-0.2, 0) is 0 Å². The molecule has 2 aromatic heterocycles. The zero-order chi connectivity index (χ0) is 16.9. The van der Waals surface area contributed by atoms with Crippen molar-refractivity contribution in [3.05, 3.63) is 36.3 Å². The van der Waals surface area contributed by atoms with Gasteiger partial charge >= 0.3 is 0 Å². The maximum atomic E-state index is 13.8. The Morgan fingerprint density at radius 3 is 2.79 bits per heavy atom. The average Bonchev–Trinajstić information content (AvgIpc) is 3.11. The number of fused-ring (bicyclic) bond motifs is 3. The largest absolute Gasteiger partial charge is 0.396 e. The van der Waals surface area contributed by atoms with Crippen LogP contribution < -0.4 is 0 Å². The highest BCUT2D eigenvalue weighted by molar-refractivity contribution is 5.67. The van der Waals surface area contributed by atoms with Gasteiger partial charge in [0, 0.05) is 18.1 Å². The van der Waals surface area contributed by atoms with Crippen molar-refractivity contribution in [1.82, 2.24) is 14.5 Å². The summed E-state index contributed by atoms with van der Waals surface area (Å²) in [5.41, 5.74) is 3.04. The summed E-state index contributed by atoms with van der Waals surface area (Å²) >= 11 is 0. The maximum absolute atomic E-state index is 13.8. The number of aromatic nitrogens is 3. The van der Waals surface area contributed by atoms with Crippen molar-refractivity contribution in [3.63, 3.8) is 0 Å². The van der Waals surface area contributed by atoms with Gasteiger partial charge in [-0.3, -0.25) is 0 Å². The number of pyridine rings is 1. The van der Waals surface area contributed by atoms with E-state index < -0.39 is 5.95 Å². The van der Waals surface area contributed by atoms with Gasteiger partial charge in [-0.2, -0.15) is 4.39 Å². The number of halogens is 1. The number of rotatable bonds is 3. The highest BCUT2D eigenvalue weighted by atomic mass is 19.1. The summed E-state index contributed by atoms with van der Waals surface area (Å²) in [6.45, 7) is 4.71. The van der Waals surface area contributed by atoms with Gasteiger partial charge in [0.05, 0.1) is 30.0 Å². The Hall–Kier alpha value is -1.75. The fourth-order valence-electron chi connectivity index (χ4n) is 4.52.